The summed E-state index contributed by atoms with van der Waals surface area (Å²) in [5.41, 5.74) is 2.59. The zero-order valence-corrected chi connectivity index (χ0v) is 42.7. The van der Waals surface area contributed by atoms with E-state index >= 15 is 0 Å². The first-order valence-corrected chi connectivity index (χ1v) is 31.5. The number of ether oxygens (including phenoxy) is 1. The van der Waals surface area contributed by atoms with Crippen LogP contribution < -0.4 is 0 Å². The van der Waals surface area contributed by atoms with Gasteiger partial charge >= 0.3 is 64.9 Å². The van der Waals surface area contributed by atoms with E-state index in [-0.39, 0.29) is 72.9 Å². The predicted molar refractivity (Wildman–Crippen MR) is 255 cm³/mol. The van der Waals surface area contributed by atoms with E-state index in [4.69, 9.17) is 9.84 Å². The van der Waals surface area contributed by atoms with Crippen molar-refractivity contribution in [3.05, 3.63) is 71.8 Å². The molecule has 2 saturated heterocycles. The third kappa shape index (κ3) is 24.0. The number of nitrogens with zero attached hydrogens (tertiary/aromatic N) is 4. The fourth-order valence-corrected chi connectivity index (χ4v) is 5.76. The molecule has 4 rings (SSSR count). The average Bonchev–Trinajstić information content (AvgIpc) is 3.12. The quantitative estimate of drug-likeness (QED) is 0.188. The van der Waals surface area contributed by atoms with Gasteiger partial charge in [0.1, 0.15) is 19.5 Å². The van der Waals surface area contributed by atoms with E-state index < -0.39 is 6.61 Å². The van der Waals surface area contributed by atoms with Crippen LogP contribution in [-0.2, 0) is 37.1 Å². The van der Waals surface area contributed by atoms with Crippen LogP contribution in [0.5, 0.6) is 0 Å². The molecule has 2 heterocycles. The van der Waals surface area contributed by atoms with E-state index in [1.807, 2.05) is 58.6 Å². The number of carbonyl (C=O) groups excluding carboxylic acids is 3. The molecule has 1 N–H and O–H groups in total. The van der Waals surface area contributed by atoms with Gasteiger partial charge in [-0.25, -0.2) is 0 Å². The van der Waals surface area contributed by atoms with Gasteiger partial charge in [-0.1, -0.05) is 95.8 Å². The normalized spacial score (nSPS) is 20.1. The van der Waals surface area contributed by atoms with E-state index in [1.54, 1.807) is 4.90 Å². The van der Waals surface area contributed by atoms with Gasteiger partial charge in [-0.3, -0.25) is 19.4 Å². The van der Waals surface area contributed by atoms with Crippen molar-refractivity contribution in [1.82, 2.24) is 19.6 Å². The van der Waals surface area contributed by atoms with Gasteiger partial charge in [0.05, 0.1) is 6.10 Å². The van der Waals surface area contributed by atoms with E-state index in [0.717, 1.165) is 32.5 Å². The number of halogens is 4. The van der Waals surface area contributed by atoms with Crippen LogP contribution in [-0.4, -0.2) is 112 Å². The monoisotopic (exact) mass is 1230 g/mol. The second-order valence-corrected chi connectivity index (χ2v) is 47.6. The van der Waals surface area contributed by atoms with Gasteiger partial charge in [0, 0.05) is 69.9 Å². The van der Waals surface area contributed by atoms with Crippen LogP contribution in [0.2, 0.25) is 0 Å². The number of amides is 2. The molecule has 0 spiro atoms. The van der Waals surface area contributed by atoms with Crippen molar-refractivity contribution in [2.75, 3.05) is 39.4 Å². The first-order chi connectivity index (χ1) is 24.4. The third-order valence-electron chi connectivity index (χ3n) is 8.38. The van der Waals surface area contributed by atoms with Crippen molar-refractivity contribution in [2.24, 2.45) is 0 Å². The Kier molecular flexibility index (Phi) is 37.5. The molecule has 2 aromatic carbocycles. The van der Waals surface area contributed by atoms with Crippen molar-refractivity contribution in [2.45, 2.75) is 120 Å². The molecule has 2 aromatic rings. The summed E-state index contributed by atoms with van der Waals surface area (Å²) in [4.78, 5) is 42.7. The van der Waals surface area contributed by atoms with Gasteiger partial charge in [-0.05, 0) is 45.7 Å². The molecule has 0 aromatic heterocycles. The fourth-order valence-electron chi connectivity index (χ4n) is 5.76. The van der Waals surface area contributed by atoms with E-state index in [9.17, 15) is 14.4 Å². The molecule has 0 saturated carbocycles. The molecule has 0 aliphatic carbocycles. The Bertz CT molecular complexity index is 1210. The molecule has 2 aliphatic heterocycles. The van der Waals surface area contributed by atoms with Crippen molar-refractivity contribution in [1.29, 1.82) is 0 Å². The average molecular weight is 1230 g/mol. The molecule has 9 nitrogen and oxygen atoms in total. The minimum absolute atomic E-state index is 0. The van der Waals surface area contributed by atoms with Crippen molar-refractivity contribution < 1.29 is 29.1 Å². The van der Waals surface area contributed by atoms with Crippen LogP contribution >= 0.6 is 83.9 Å². The van der Waals surface area contributed by atoms with Crippen molar-refractivity contribution >= 4 is 102 Å². The van der Waals surface area contributed by atoms with E-state index in [1.165, 1.54) is 11.1 Å². The zero-order chi connectivity index (χ0) is 38.9. The van der Waals surface area contributed by atoms with Crippen LogP contribution in [0, 0.1) is 0 Å². The van der Waals surface area contributed by atoms with Crippen LogP contribution in [0.3, 0.4) is 0 Å². The molecular weight excluding hydrogens is 1160 g/mol. The Labute approximate surface area is 377 Å². The van der Waals surface area contributed by atoms with Crippen LogP contribution in [0.15, 0.2) is 60.7 Å². The minimum atomic E-state index is -0.393. The topological polar surface area (TPSA) is 93.6 Å². The van der Waals surface area contributed by atoms with Gasteiger partial charge in [-0.15, -0.1) is 24.0 Å². The molecule has 53 heavy (non-hydrogen) atoms. The number of piperazine rings is 2. The summed E-state index contributed by atoms with van der Waals surface area (Å²) in [7, 11) is 0. The molecule has 306 valence electrons. The SMILES string of the molecule is C.CC.CC.CC(CC=O)OCC(=O)N1CC(C)N(Cc2ccccc2)CC1C.CC1CN(C(=O)CO)C(C)CN1Cc1ccccc1.I.[I][V]([I])[I]. The first-order valence-electron chi connectivity index (χ1n) is 17.9. The van der Waals surface area contributed by atoms with Gasteiger partial charge in [-0.2, -0.15) is 0 Å². The standard InChI is InChI=1S/C19H28N2O3.C15H22N2O2.2C2H6.CH4.4HI.V/c1-15-12-21(19(23)14-24-17(3)9-10-22)16(2)11-20(15)13-18-7-5-4-6-8-18;1-12-9-17(15(19)11-18)13(2)8-16(12)10-14-6-4-3-5-7-14;2*1-2;;;;;;/h4-8,10,15-17H,9,11-14H2,1-3H3;3-7,12-13,18H,8-11H2,1-2H3;2*1-2H3;1H4;4*1H;/q;;;;;;;;;+3/p-3. The Balaban J connectivity index is -0.000000775. The number of aldehydes is 1. The summed E-state index contributed by atoms with van der Waals surface area (Å²) < 4.78 is 5.47. The maximum atomic E-state index is 12.4. The summed E-state index contributed by atoms with van der Waals surface area (Å²) in [6.07, 6.45) is 0.935. The second kappa shape index (κ2) is 34.4. The van der Waals surface area contributed by atoms with Gasteiger partial charge in [0.2, 0.25) is 11.8 Å². The second-order valence-electron chi connectivity index (χ2n) is 12.2. The fraction of sp³-hybridized carbons (Fsp3) is 0.615. The van der Waals surface area contributed by atoms with Crippen LogP contribution in [0.25, 0.3) is 0 Å². The summed E-state index contributed by atoms with van der Waals surface area (Å²) >= 11 is 7.39. The molecule has 2 fully saturated rings. The summed E-state index contributed by atoms with van der Waals surface area (Å²) in [6.45, 7) is 22.8. The van der Waals surface area contributed by atoms with E-state index in [2.05, 4.69) is 139 Å². The van der Waals surface area contributed by atoms with Gasteiger partial charge < -0.3 is 24.4 Å². The molecule has 5 atom stereocenters. The number of hydrogen-bond acceptors (Lipinski definition) is 7. The summed E-state index contributed by atoms with van der Waals surface area (Å²) in [5.74, 6) is -0.162. The van der Waals surface area contributed by atoms with Crippen LogP contribution in [0.1, 0.15) is 87.3 Å². The predicted octanol–water partition coefficient (Wildman–Crippen LogP) is 9.16. The maximum absolute atomic E-state index is 12.4. The number of carbonyl (C=O) groups is 3. The Hall–Kier alpha value is 0.394. The Morgan fingerprint density at radius 1 is 0.755 bits per heavy atom. The number of aliphatic hydroxyl groups is 1. The molecule has 0 radical (unpaired) electrons. The summed E-state index contributed by atoms with van der Waals surface area (Å²) in [5, 5.41) is 8.99. The van der Waals surface area contributed by atoms with Gasteiger partial charge in [0.25, 0.3) is 0 Å². The first kappa shape index (κ1) is 57.7. The molecule has 14 heteroatoms. The number of rotatable bonds is 10. The summed E-state index contributed by atoms with van der Waals surface area (Å²) in [6, 6.07) is 21.7. The molecule has 2 aliphatic rings. The molecule has 5 unspecified atom stereocenters. The Morgan fingerprint density at radius 3 is 1.45 bits per heavy atom. The van der Waals surface area contributed by atoms with Crippen molar-refractivity contribution in [3.8, 4) is 0 Å². The number of aliphatic hydroxyl groups excluding tert-OH is 1. The molecular formula is C39H67I4N4O5V. The number of benzene rings is 2. The Morgan fingerprint density at radius 2 is 1.11 bits per heavy atom. The van der Waals surface area contributed by atoms with Crippen LogP contribution in [0.4, 0.5) is 0 Å². The zero-order valence-electron chi connectivity index (χ0n) is 32.5. The van der Waals surface area contributed by atoms with Gasteiger partial charge in [0.15, 0.2) is 0 Å². The third-order valence-corrected chi connectivity index (χ3v) is 8.38. The van der Waals surface area contributed by atoms with E-state index in [0.29, 0.717) is 31.6 Å². The van der Waals surface area contributed by atoms with Crippen molar-refractivity contribution in [3.63, 3.8) is 0 Å². The molecule has 2 amide bonds. The number of hydrogen-bond donors (Lipinski definition) is 1. The molecule has 0 bridgehead atoms.